The third-order valence-corrected chi connectivity index (χ3v) is 6.17. The zero-order valence-electron chi connectivity index (χ0n) is 17.7. The lowest BCUT2D eigenvalue weighted by Crippen LogP contribution is -2.49. The number of alkyl halides is 3. The number of halogens is 5. The molecule has 1 N–H and O–H groups in total. The average molecular weight is 482 g/mol. The number of nitrogens with zero attached hydrogens (tertiary/aromatic N) is 3. The molecule has 4 rings (SSSR count). The van der Waals surface area contributed by atoms with Crippen molar-refractivity contribution < 1.29 is 27.4 Å². The Labute approximate surface area is 192 Å². The summed E-state index contributed by atoms with van der Waals surface area (Å²) < 4.78 is 61.7. The molecule has 0 amide bonds. The van der Waals surface area contributed by atoms with E-state index in [1.807, 2.05) is 0 Å². The minimum absolute atomic E-state index is 0.113. The van der Waals surface area contributed by atoms with Gasteiger partial charge >= 0.3 is 6.18 Å². The standard InChI is InChI=1S/C23H20ClF4N3O2/c1-13-29-10-15-18(8-14(25)9-19(15)31-13)30-12-22(32,23(26,27)28)11-21(6-7-21)16-4-3-5-17(24)20(16)33-2/h3-5,8-10,12,32H,6-7,11H2,1-2H3. The van der Waals surface area contributed by atoms with Crippen molar-refractivity contribution in [2.45, 2.75) is 43.4 Å². The molecule has 3 aromatic rings. The summed E-state index contributed by atoms with van der Waals surface area (Å²) in [5.41, 5.74) is -3.68. The van der Waals surface area contributed by atoms with E-state index in [1.165, 1.54) is 13.3 Å². The van der Waals surface area contributed by atoms with E-state index >= 15 is 0 Å². The molecular formula is C23H20ClF4N3O2. The average Bonchev–Trinajstić information content (AvgIpc) is 3.50. The summed E-state index contributed by atoms with van der Waals surface area (Å²) >= 11 is 6.16. The topological polar surface area (TPSA) is 67.6 Å². The summed E-state index contributed by atoms with van der Waals surface area (Å²) in [6.07, 6.45) is -3.12. The normalized spacial score (nSPS) is 17.3. The van der Waals surface area contributed by atoms with Gasteiger partial charge in [0, 0.05) is 47.3 Å². The van der Waals surface area contributed by atoms with Crippen LogP contribution in [0.3, 0.4) is 0 Å². The zero-order chi connectivity index (χ0) is 24.0. The van der Waals surface area contributed by atoms with Crippen molar-refractivity contribution in [2.24, 2.45) is 4.99 Å². The Kier molecular flexibility index (Phi) is 5.82. The van der Waals surface area contributed by atoms with E-state index in [-0.39, 0.29) is 27.4 Å². The summed E-state index contributed by atoms with van der Waals surface area (Å²) in [7, 11) is 1.39. The number of aryl methyl sites for hydroxylation is 1. The molecule has 1 aliphatic rings. The Bertz CT molecular complexity index is 1240. The molecule has 174 valence electrons. The van der Waals surface area contributed by atoms with Gasteiger partial charge in [-0.15, -0.1) is 0 Å². The van der Waals surface area contributed by atoms with Crippen LogP contribution in [0.5, 0.6) is 5.75 Å². The number of aliphatic hydroxyl groups is 1. The molecule has 1 saturated carbocycles. The van der Waals surface area contributed by atoms with Crippen LogP contribution >= 0.6 is 11.6 Å². The molecule has 1 aliphatic carbocycles. The van der Waals surface area contributed by atoms with E-state index in [4.69, 9.17) is 16.3 Å². The first kappa shape index (κ1) is 23.4. The highest BCUT2D eigenvalue weighted by Gasteiger charge is 2.60. The highest BCUT2D eigenvalue weighted by atomic mass is 35.5. The second kappa shape index (κ2) is 8.22. The Balaban J connectivity index is 1.75. The minimum Gasteiger partial charge on any atom is -0.495 e. The van der Waals surface area contributed by atoms with Crippen molar-refractivity contribution in [3.63, 3.8) is 0 Å². The molecule has 1 heterocycles. The first-order chi connectivity index (χ1) is 15.5. The van der Waals surface area contributed by atoms with E-state index in [0.29, 0.717) is 30.4 Å². The fraction of sp³-hybridized carbons (Fsp3) is 0.348. The first-order valence-corrected chi connectivity index (χ1v) is 10.5. The fourth-order valence-corrected chi connectivity index (χ4v) is 4.27. The van der Waals surface area contributed by atoms with Crippen LogP contribution in [0.2, 0.25) is 5.02 Å². The van der Waals surface area contributed by atoms with Crippen molar-refractivity contribution in [2.75, 3.05) is 7.11 Å². The predicted molar refractivity (Wildman–Crippen MR) is 117 cm³/mol. The lowest BCUT2D eigenvalue weighted by molar-refractivity contribution is -0.233. The molecule has 10 heteroatoms. The van der Waals surface area contributed by atoms with E-state index < -0.39 is 29.4 Å². The van der Waals surface area contributed by atoms with Crippen LogP contribution in [0.4, 0.5) is 23.2 Å². The van der Waals surface area contributed by atoms with Gasteiger partial charge in [0.1, 0.15) is 17.4 Å². The van der Waals surface area contributed by atoms with Gasteiger partial charge in [0.15, 0.2) is 5.60 Å². The second-order valence-corrected chi connectivity index (χ2v) is 8.64. The maximum atomic E-state index is 14.1. The van der Waals surface area contributed by atoms with Gasteiger partial charge in [-0.1, -0.05) is 23.7 Å². The number of ether oxygens (including phenoxy) is 1. The number of para-hydroxylation sites is 1. The van der Waals surface area contributed by atoms with Crippen LogP contribution < -0.4 is 4.74 Å². The minimum atomic E-state index is -5.03. The Hall–Kier alpha value is -2.78. The number of hydrogen-bond acceptors (Lipinski definition) is 5. The SMILES string of the molecule is COc1c(Cl)cccc1C1(CC(O)(C=Nc2cc(F)cc3nc(C)ncc23)C(F)(F)F)CC1. The molecule has 0 saturated heterocycles. The van der Waals surface area contributed by atoms with Gasteiger partial charge in [0.25, 0.3) is 0 Å². The molecule has 1 unspecified atom stereocenters. The largest absolute Gasteiger partial charge is 0.495 e. The molecular weight excluding hydrogens is 462 g/mol. The number of hydrogen-bond donors (Lipinski definition) is 1. The fourth-order valence-electron chi connectivity index (χ4n) is 4.02. The maximum absolute atomic E-state index is 14.1. The molecule has 0 radical (unpaired) electrons. The van der Waals surface area contributed by atoms with Crippen molar-refractivity contribution in [1.82, 2.24) is 9.97 Å². The van der Waals surface area contributed by atoms with Crippen LogP contribution in [0.1, 0.15) is 30.7 Å². The number of fused-ring (bicyclic) bond motifs is 1. The highest BCUT2D eigenvalue weighted by molar-refractivity contribution is 6.32. The molecule has 2 aromatic carbocycles. The van der Waals surface area contributed by atoms with Crippen molar-refractivity contribution in [3.8, 4) is 5.75 Å². The molecule has 1 fully saturated rings. The van der Waals surface area contributed by atoms with Crippen molar-refractivity contribution in [1.29, 1.82) is 0 Å². The molecule has 1 aromatic heterocycles. The van der Waals surface area contributed by atoms with Gasteiger partial charge in [0.05, 0.1) is 23.3 Å². The third-order valence-electron chi connectivity index (χ3n) is 5.88. The zero-order valence-corrected chi connectivity index (χ0v) is 18.5. The van der Waals surface area contributed by atoms with Crippen molar-refractivity contribution >= 4 is 34.4 Å². The van der Waals surface area contributed by atoms with E-state index in [0.717, 1.165) is 12.1 Å². The highest BCUT2D eigenvalue weighted by Crippen LogP contribution is 2.58. The summed E-state index contributed by atoms with van der Waals surface area (Å²) in [5, 5.41) is 11.3. The van der Waals surface area contributed by atoms with Gasteiger partial charge < -0.3 is 9.84 Å². The van der Waals surface area contributed by atoms with Crippen LogP contribution in [-0.4, -0.2) is 40.2 Å². The quantitative estimate of drug-likeness (QED) is 0.354. The Morgan fingerprint density at radius 3 is 2.64 bits per heavy atom. The molecule has 1 atom stereocenters. The number of benzene rings is 2. The maximum Gasteiger partial charge on any atom is 0.422 e. The number of aliphatic imine (C=N–C) groups is 1. The lowest BCUT2D eigenvalue weighted by atomic mass is 9.82. The van der Waals surface area contributed by atoms with Gasteiger partial charge in [-0.2, -0.15) is 13.2 Å². The van der Waals surface area contributed by atoms with Crippen molar-refractivity contribution in [3.05, 3.63) is 58.8 Å². The van der Waals surface area contributed by atoms with Crippen LogP contribution in [0.15, 0.2) is 41.5 Å². The predicted octanol–water partition coefficient (Wildman–Crippen LogP) is 5.86. The molecule has 0 aliphatic heterocycles. The second-order valence-electron chi connectivity index (χ2n) is 8.23. The molecule has 0 spiro atoms. The Morgan fingerprint density at radius 1 is 1.27 bits per heavy atom. The number of rotatable bonds is 6. The number of methoxy groups -OCH3 is 1. The smallest absolute Gasteiger partial charge is 0.422 e. The number of aromatic nitrogens is 2. The van der Waals surface area contributed by atoms with E-state index in [1.54, 1.807) is 25.1 Å². The summed E-state index contributed by atoms with van der Waals surface area (Å²) in [5.74, 6) is -0.0617. The summed E-state index contributed by atoms with van der Waals surface area (Å²) in [6, 6.07) is 6.97. The summed E-state index contributed by atoms with van der Waals surface area (Å²) in [4.78, 5) is 12.0. The van der Waals surface area contributed by atoms with Gasteiger partial charge in [-0.3, -0.25) is 4.99 Å². The van der Waals surface area contributed by atoms with Gasteiger partial charge in [-0.25, -0.2) is 14.4 Å². The first-order valence-electron chi connectivity index (χ1n) is 10.1. The van der Waals surface area contributed by atoms with Crippen LogP contribution in [0, 0.1) is 12.7 Å². The van der Waals surface area contributed by atoms with E-state index in [2.05, 4.69) is 15.0 Å². The molecule has 33 heavy (non-hydrogen) atoms. The molecule has 0 bridgehead atoms. The monoisotopic (exact) mass is 481 g/mol. The van der Waals surface area contributed by atoms with E-state index in [9.17, 15) is 22.7 Å². The lowest BCUT2D eigenvalue weighted by Gasteiger charge is -2.31. The summed E-state index contributed by atoms with van der Waals surface area (Å²) in [6.45, 7) is 1.61. The van der Waals surface area contributed by atoms with Gasteiger partial charge in [-0.05, 0) is 25.8 Å². The van der Waals surface area contributed by atoms with Crippen LogP contribution in [0.25, 0.3) is 10.9 Å². The van der Waals surface area contributed by atoms with Gasteiger partial charge in [0.2, 0.25) is 0 Å². The van der Waals surface area contributed by atoms with Crippen LogP contribution in [-0.2, 0) is 5.41 Å². The molecule has 5 nitrogen and oxygen atoms in total. The third kappa shape index (κ3) is 4.39. The Morgan fingerprint density at radius 2 is 2.00 bits per heavy atom.